The average molecular weight is 279 g/mol. The summed E-state index contributed by atoms with van der Waals surface area (Å²) < 4.78 is 0. The molecule has 2 nitrogen and oxygen atoms in total. The van der Waals surface area contributed by atoms with Gasteiger partial charge in [0.05, 0.1) is 0 Å². The number of nitrogens with one attached hydrogen (secondary N) is 1. The number of aliphatic hydroxyl groups excluding tert-OH is 1. The highest BCUT2D eigenvalue weighted by Gasteiger charge is 2.26. The Kier molecular flexibility index (Phi) is 6.21. The number of hydrogen-bond acceptors (Lipinski definition) is 3. The van der Waals surface area contributed by atoms with Gasteiger partial charge >= 0.3 is 0 Å². The minimum absolute atomic E-state index is 0.318. The van der Waals surface area contributed by atoms with E-state index >= 15 is 0 Å². The van der Waals surface area contributed by atoms with Crippen molar-refractivity contribution in [3.05, 3.63) is 35.9 Å². The molecule has 1 fully saturated rings. The van der Waals surface area contributed by atoms with Crippen LogP contribution in [0.5, 0.6) is 0 Å². The van der Waals surface area contributed by atoms with Gasteiger partial charge < -0.3 is 10.4 Å². The summed E-state index contributed by atoms with van der Waals surface area (Å²) in [5, 5.41) is 13.3. The van der Waals surface area contributed by atoms with Crippen molar-refractivity contribution >= 4 is 11.8 Å². The summed E-state index contributed by atoms with van der Waals surface area (Å²) in [6.07, 6.45) is 7.07. The van der Waals surface area contributed by atoms with Gasteiger partial charge in [0.15, 0.2) is 0 Å². The molecular weight excluding hydrogens is 254 g/mol. The van der Waals surface area contributed by atoms with Gasteiger partial charge in [-0.25, -0.2) is 0 Å². The van der Waals surface area contributed by atoms with Crippen LogP contribution in [-0.4, -0.2) is 29.8 Å². The summed E-state index contributed by atoms with van der Waals surface area (Å²) in [6.45, 7) is 0.318. The lowest BCUT2D eigenvalue weighted by molar-refractivity contribution is 0.147. The van der Waals surface area contributed by atoms with E-state index in [1.54, 1.807) is 0 Å². The molecule has 0 heterocycles. The number of hydrogen-bond donors (Lipinski definition) is 2. The van der Waals surface area contributed by atoms with Gasteiger partial charge in [0.2, 0.25) is 0 Å². The molecule has 106 valence electrons. The first kappa shape index (κ1) is 14.9. The predicted octanol–water partition coefficient (Wildman–Crippen LogP) is 3.23. The van der Waals surface area contributed by atoms with Gasteiger partial charge in [-0.05, 0) is 30.6 Å². The molecule has 0 aromatic heterocycles. The monoisotopic (exact) mass is 279 g/mol. The highest BCUT2D eigenvalue weighted by atomic mass is 32.2. The smallest absolute Gasteiger partial charge is 0.0474 e. The summed E-state index contributed by atoms with van der Waals surface area (Å²) >= 11 is 1.88. The number of thioether (sulfide) groups is 1. The lowest BCUT2D eigenvalue weighted by Gasteiger charge is -2.34. The fourth-order valence-corrected chi connectivity index (χ4v) is 3.62. The van der Waals surface area contributed by atoms with E-state index in [0.717, 1.165) is 12.2 Å². The third-order valence-electron chi connectivity index (χ3n) is 4.09. The van der Waals surface area contributed by atoms with E-state index in [-0.39, 0.29) is 0 Å². The molecule has 2 rings (SSSR count). The van der Waals surface area contributed by atoms with Crippen LogP contribution >= 0.6 is 11.8 Å². The first-order valence-electron chi connectivity index (χ1n) is 7.26. The largest absolute Gasteiger partial charge is 0.396 e. The van der Waals surface area contributed by atoms with E-state index in [9.17, 15) is 5.11 Å². The van der Waals surface area contributed by atoms with Crippen LogP contribution in [0.15, 0.2) is 30.3 Å². The summed E-state index contributed by atoms with van der Waals surface area (Å²) in [5.41, 5.74) is 1.36. The fraction of sp³-hybridized carbons (Fsp3) is 0.625. The summed E-state index contributed by atoms with van der Waals surface area (Å²) in [4.78, 5) is 0. The van der Waals surface area contributed by atoms with Crippen LogP contribution in [-0.2, 0) is 0 Å². The van der Waals surface area contributed by atoms with E-state index in [4.69, 9.17) is 0 Å². The SMILES string of the molecule is CSCC(NC1CCCCC1CO)c1ccccc1. The van der Waals surface area contributed by atoms with Crippen LogP contribution in [0.1, 0.15) is 37.3 Å². The van der Waals surface area contributed by atoms with Crippen molar-refractivity contribution in [3.8, 4) is 0 Å². The second-order valence-electron chi connectivity index (χ2n) is 5.42. The quantitative estimate of drug-likeness (QED) is 0.838. The van der Waals surface area contributed by atoms with E-state index in [2.05, 4.69) is 41.9 Å². The Morgan fingerprint density at radius 1 is 1.26 bits per heavy atom. The molecule has 1 aliphatic rings. The molecule has 3 heteroatoms. The lowest BCUT2D eigenvalue weighted by Crippen LogP contribution is -2.42. The number of rotatable bonds is 6. The Hall–Kier alpha value is -0.510. The molecule has 0 aliphatic heterocycles. The third kappa shape index (κ3) is 4.23. The van der Waals surface area contributed by atoms with Crippen LogP contribution in [0.4, 0.5) is 0 Å². The zero-order chi connectivity index (χ0) is 13.5. The summed E-state index contributed by atoms with van der Waals surface area (Å²) in [6, 6.07) is 11.5. The van der Waals surface area contributed by atoms with Crippen molar-refractivity contribution < 1.29 is 5.11 Å². The normalized spacial score (nSPS) is 25.2. The molecule has 3 unspecified atom stereocenters. The maximum absolute atomic E-state index is 9.53. The maximum Gasteiger partial charge on any atom is 0.0474 e. The van der Waals surface area contributed by atoms with Crippen molar-refractivity contribution in [1.82, 2.24) is 5.32 Å². The topological polar surface area (TPSA) is 32.3 Å². The third-order valence-corrected chi connectivity index (χ3v) is 4.76. The van der Waals surface area contributed by atoms with Gasteiger partial charge in [-0.15, -0.1) is 0 Å². The van der Waals surface area contributed by atoms with Gasteiger partial charge in [-0.2, -0.15) is 11.8 Å². The molecule has 0 spiro atoms. The Morgan fingerprint density at radius 2 is 2.00 bits per heavy atom. The van der Waals surface area contributed by atoms with Crippen molar-refractivity contribution in [1.29, 1.82) is 0 Å². The van der Waals surface area contributed by atoms with Gasteiger partial charge in [0, 0.05) is 24.4 Å². The van der Waals surface area contributed by atoms with Crippen LogP contribution in [0.2, 0.25) is 0 Å². The molecule has 1 saturated carbocycles. The van der Waals surface area contributed by atoms with Crippen LogP contribution in [0.25, 0.3) is 0 Å². The Labute approximate surface area is 121 Å². The first-order valence-corrected chi connectivity index (χ1v) is 8.65. The molecule has 0 bridgehead atoms. The Balaban J connectivity index is 2.03. The van der Waals surface area contributed by atoms with E-state index in [1.807, 2.05) is 11.8 Å². The molecule has 1 aliphatic carbocycles. The van der Waals surface area contributed by atoms with Crippen LogP contribution in [0, 0.1) is 5.92 Å². The van der Waals surface area contributed by atoms with Gasteiger partial charge in [-0.1, -0.05) is 43.2 Å². The molecule has 0 radical (unpaired) electrons. The fourth-order valence-electron chi connectivity index (χ4n) is 3.00. The zero-order valence-corrected chi connectivity index (χ0v) is 12.5. The molecule has 3 atom stereocenters. The molecule has 1 aromatic carbocycles. The van der Waals surface area contributed by atoms with Gasteiger partial charge in [0.25, 0.3) is 0 Å². The predicted molar refractivity (Wildman–Crippen MR) is 83.5 cm³/mol. The minimum atomic E-state index is 0.318. The van der Waals surface area contributed by atoms with Crippen molar-refractivity contribution in [2.24, 2.45) is 5.92 Å². The van der Waals surface area contributed by atoms with E-state index in [0.29, 0.717) is 24.6 Å². The van der Waals surface area contributed by atoms with Crippen molar-refractivity contribution in [2.45, 2.75) is 37.8 Å². The Morgan fingerprint density at radius 3 is 2.68 bits per heavy atom. The average Bonchev–Trinajstić information content (AvgIpc) is 2.48. The molecular formula is C16H25NOS. The second kappa shape index (κ2) is 7.93. The highest BCUT2D eigenvalue weighted by Crippen LogP contribution is 2.27. The molecule has 19 heavy (non-hydrogen) atoms. The van der Waals surface area contributed by atoms with E-state index in [1.165, 1.54) is 24.8 Å². The standard InChI is InChI=1S/C16H25NOS/c1-19-12-16(13-7-3-2-4-8-13)17-15-10-6-5-9-14(15)11-18/h2-4,7-8,14-18H,5-6,9-12H2,1H3. The van der Waals surface area contributed by atoms with E-state index < -0.39 is 0 Å². The zero-order valence-electron chi connectivity index (χ0n) is 11.7. The van der Waals surface area contributed by atoms with Crippen molar-refractivity contribution in [2.75, 3.05) is 18.6 Å². The first-order chi connectivity index (χ1) is 9.35. The number of aliphatic hydroxyl groups is 1. The second-order valence-corrected chi connectivity index (χ2v) is 6.33. The molecule has 1 aromatic rings. The summed E-state index contributed by atoms with van der Waals surface area (Å²) in [7, 11) is 0. The molecule has 0 saturated heterocycles. The number of benzene rings is 1. The van der Waals surface area contributed by atoms with Gasteiger partial charge in [0.1, 0.15) is 0 Å². The van der Waals surface area contributed by atoms with Crippen LogP contribution < -0.4 is 5.32 Å². The Bertz CT molecular complexity index is 357. The highest BCUT2D eigenvalue weighted by molar-refractivity contribution is 7.98. The van der Waals surface area contributed by atoms with Crippen molar-refractivity contribution in [3.63, 3.8) is 0 Å². The van der Waals surface area contributed by atoms with Crippen LogP contribution in [0.3, 0.4) is 0 Å². The molecule has 0 amide bonds. The lowest BCUT2D eigenvalue weighted by atomic mass is 9.84. The van der Waals surface area contributed by atoms with Gasteiger partial charge in [-0.3, -0.25) is 0 Å². The summed E-state index contributed by atoms with van der Waals surface area (Å²) in [5.74, 6) is 1.51. The molecule has 2 N–H and O–H groups in total. The minimum Gasteiger partial charge on any atom is -0.396 e. The maximum atomic E-state index is 9.53.